The highest BCUT2D eigenvalue weighted by atomic mass is 32.2. The summed E-state index contributed by atoms with van der Waals surface area (Å²) >= 11 is 0. The van der Waals surface area contributed by atoms with Crippen LogP contribution in [0.4, 0.5) is 4.79 Å². The Hall–Kier alpha value is -2.40. The van der Waals surface area contributed by atoms with E-state index in [1.807, 2.05) is 0 Å². The van der Waals surface area contributed by atoms with Crippen molar-refractivity contribution in [3.05, 3.63) is 30.1 Å². The van der Waals surface area contributed by atoms with Gasteiger partial charge in [0, 0.05) is 37.7 Å². The van der Waals surface area contributed by atoms with Crippen LogP contribution in [0.25, 0.3) is 0 Å². The summed E-state index contributed by atoms with van der Waals surface area (Å²) in [6, 6.07) is -0.365. The van der Waals surface area contributed by atoms with Crippen LogP contribution < -0.4 is 0 Å². The first-order valence-corrected chi connectivity index (χ1v) is 10.5. The summed E-state index contributed by atoms with van der Waals surface area (Å²) in [5, 5.41) is 4.18. The van der Waals surface area contributed by atoms with E-state index in [1.165, 1.54) is 17.9 Å². The van der Waals surface area contributed by atoms with E-state index in [1.54, 1.807) is 17.9 Å². The van der Waals surface area contributed by atoms with Crippen LogP contribution in [0.1, 0.15) is 24.6 Å². The number of aryl methyl sites for hydroxylation is 1. The van der Waals surface area contributed by atoms with Gasteiger partial charge in [-0.15, -0.1) is 0 Å². The number of rotatable bonds is 8. The highest BCUT2D eigenvalue weighted by Crippen LogP contribution is 2.26. The van der Waals surface area contributed by atoms with Gasteiger partial charge in [-0.1, -0.05) is 12.7 Å². The average Bonchev–Trinajstić information content (AvgIpc) is 3.13. The first-order valence-electron chi connectivity index (χ1n) is 8.66. The number of nitrogens with zero attached hydrogens (tertiary/aromatic N) is 3. The summed E-state index contributed by atoms with van der Waals surface area (Å²) in [5.74, 6) is -0.410. The number of hydrogen-bond donors (Lipinski definition) is 0. The quantitative estimate of drug-likeness (QED) is 0.347. The summed E-state index contributed by atoms with van der Waals surface area (Å²) in [5.41, 5.74) is 1.48. The lowest BCUT2D eigenvalue weighted by Gasteiger charge is -2.24. The minimum absolute atomic E-state index is 0.0447. The molecule has 1 saturated heterocycles. The van der Waals surface area contributed by atoms with Crippen LogP contribution in [0.5, 0.6) is 0 Å². The molecule has 1 aromatic rings. The predicted molar refractivity (Wildman–Crippen MR) is 98.8 cm³/mol. The molecule has 1 fully saturated rings. The highest BCUT2D eigenvalue weighted by Gasteiger charge is 2.39. The summed E-state index contributed by atoms with van der Waals surface area (Å²) in [6.45, 7) is 5.02. The van der Waals surface area contributed by atoms with Crippen LogP contribution in [0.2, 0.25) is 0 Å². The van der Waals surface area contributed by atoms with E-state index in [4.69, 9.17) is 13.7 Å². The van der Waals surface area contributed by atoms with E-state index in [0.29, 0.717) is 18.4 Å². The van der Waals surface area contributed by atoms with Gasteiger partial charge in [0.15, 0.2) is 0 Å². The molecular formula is C17H25N3O7S. The Morgan fingerprint density at radius 2 is 2.11 bits per heavy atom. The molecule has 11 heteroatoms. The minimum Gasteiger partial charge on any atom is -0.461 e. The third-order valence-corrected chi connectivity index (χ3v) is 4.88. The van der Waals surface area contributed by atoms with Crippen molar-refractivity contribution in [2.45, 2.75) is 38.5 Å². The van der Waals surface area contributed by atoms with Gasteiger partial charge >= 0.3 is 12.1 Å². The second kappa shape index (κ2) is 9.20. The zero-order valence-electron chi connectivity index (χ0n) is 16.2. The summed E-state index contributed by atoms with van der Waals surface area (Å²) < 4.78 is 39.8. The number of esters is 1. The molecule has 0 N–H and O–H groups in total. The van der Waals surface area contributed by atoms with Gasteiger partial charge in [-0.05, 0) is 6.42 Å². The van der Waals surface area contributed by atoms with Crippen molar-refractivity contribution in [3.8, 4) is 0 Å². The van der Waals surface area contributed by atoms with Crippen molar-refractivity contribution in [1.29, 1.82) is 0 Å². The molecule has 10 nitrogen and oxygen atoms in total. The molecule has 28 heavy (non-hydrogen) atoms. The number of carbonyl (C=O) groups is 2. The maximum Gasteiger partial charge on any atom is 0.410 e. The Bertz CT molecular complexity index is 834. The largest absolute Gasteiger partial charge is 0.461 e. The summed E-state index contributed by atoms with van der Waals surface area (Å²) in [6.07, 6.45) is 3.46. The lowest BCUT2D eigenvalue weighted by atomic mass is 10.1. The van der Waals surface area contributed by atoms with E-state index in [-0.39, 0.29) is 25.8 Å². The van der Waals surface area contributed by atoms with Gasteiger partial charge in [0.1, 0.15) is 13.2 Å². The van der Waals surface area contributed by atoms with E-state index < -0.39 is 28.3 Å². The Balaban J connectivity index is 2.19. The molecule has 1 aromatic heterocycles. The molecule has 0 spiro atoms. The van der Waals surface area contributed by atoms with Gasteiger partial charge in [0.05, 0.1) is 25.1 Å². The molecule has 0 aliphatic carbocycles. The zero-order chi connectivity index (χ0) is 20.9. The van der Waals surface area contributed by atoms with Gasteiger partial charge in [0.25, 0.3) is 10.1 Å². The second-order valence-corrected chi connectivity index (χ2v) is 8.16. The molecule has 0 unspecified atom stereocenters. The number of aromatic nitrogens is 2. The molecule has 2 rings (SSSR count). The number of hydrogen-bond acceptors (Lipinski definition) is 8. The smallest absolute Gasteiger partial charge is 0.410 e. The average molecular weight is 415 g/mol. The Labute approximate surface area is 164 Å². The van der Waals surface area contributed by atoms with Gasteiger partial charge in [-0.25, -0.2) is 4.79 Å². The topological polar surface area (TPSA) is 117 Å². The zero-order valence-corrected chi connectivity index (χ0v) is 17.0. The highest BCUT2D eigenvalue weighted by molar-refractivity contribution is 7.86. The van der Waals surface area contributed by atoms with Crippen LogP contribution in [-0.2, 0) is 48.6 Å². The number of likely N-dealkylation sites (tertiary alicyclic amines) is 1. The number of ether oxygens (including phenoxy) is 2. The molecule has 156 valence electrons. The molecule has 0 radical (unpaired) electrons. The van der Waals surface area contributed by atoms with Gasteiger partial charge in [-0.3, -0.25) is 13.7 Å². The Morgan fingerprint density at radius 3 is 2.71 bits per heavy atom. The van der Waals surface area contributed by atoms with E-state index in [0.717, 1.165) is 11.9 Å². The first-order chi connectivity index (χ1) is 13.1. The van der Waals surface area contributed by atoms with Crippen LogP contribution >= 0.6 is 0 Å². The van der Waals surface area contributed by atoms with Crippen molar-refractivity contribution < 1.29 is 31.7 Å². The fraction of sp³-hybridized carbons (Fsp3) is 0.588. The van der Waals surface area contributed by atoms with Gasteiger partial charge in [0.2, 0.25) is 0 Å². The maximum atomic E-state index is 12.4. The van der Waals surface area contributed by atoms with E-state index in [2.05, 4.69) is 11.7 Å². The van der Waals surface area contributed by atoms with Crippen LogP contribution in [0, 0.1) is 0 Å². The molecule has 2 heterocycles. The lowest BCUT2D eigenvalue weighted by molar-refractivity contribution is -0.142. The number of amides is 1. The molecule has 1 amide bonds. The summed E-state index contributed by atoms with van der Waals surface area (Å²) in [7, 11) is -1.92. The van der Waals surface area contributed by atoms with Crippen LogP contribution in [0.3, 0.4) is 0 Å². The fourth-order valence-corrected chi connectivity index (χ4v) is 3.75. The molecular weight excluding hydrogens is 390 g/mol. The molecule has 1 aliphatic heterocycles. The summed E-state index contributed by atoms with van der Waals surface area (Å²) in [4.78, 5) is 24.9. The second-order valence-electron chi connectivity index (χ2n) is 6.55. The van der Waals surface area contributed by atoms with Crippen molar-refractivity contribution in [2.24, 2.45) is 7.05 Å². The normalized spacial score (nSPS) is 19.5. The van der Waals surface area contributed by atoms with E-state index in [9.17, 15) is 18.0 Å². The lowest BCUT2D eigenvalue weighted by Crippen LogP contribution is -2.38. The monoisotopic (exact) mass is 415 g/mol. The van der Waals surface area contributed by atoms with Gasteiger partial charge in [-0.2, -0.15) is 13.5 Å². The van der Waals surface area contributed by atoms with Crippen molar-refractivity contribution >= 4 is 22.2 Å². The third-order valence-electron chi connectivity index (χ3n) is 4.25. The van der Waals surface area contributed by atoms with Gasteiger partial charge < -0.3 is 14.4 Å². The van der Waals surface area contributed by atoms with Crippen molar-refractivity contribution in [1.82, 2.24) is 14.7 Å². The van der Waals surface area contributed by atoms with Crippen LogP contribution in [0.15, 0.2) is 18.9 Å². The Morgan fingerprint density at radius 1 is 1.39 bits per heavy atom. The van der Waals surface area contributed by atoms with E-state index >= 15 is 0 Å². The fourth-order valence-electron chi connectivity index (χ4n) is 3.12. The third kappa shape index (κ3) is 6.06. The molecule has 1 aliphatic rings. The molecule has 0 bridgehead atoms. The SMILES string of the molecule is C=CCOC(=O)N1C[C@H](OS(C)(=O)=O)C[C@H]1Cc1c(COC(C)=O)cnn1C. The predicted octanol–water partition coefficient (Wildman–Crippen LogP) is 0.767. The first kappa shape index (κ1) is 21.9. The van der Waals surface area contributed by atoms with Crippen molar-refractivity contribution in [2.75, 3.05) is 19.4 Å². The molecule has 2 atom stereocenters. The Kier molecular flexibility index (Phi) is 7.19. The molecule has 0 aromatic carbocycles. The standard InChI is InChI=1S/C17H25N3O7S/c1-5-6-25-17(22)20-10-15(27-28(4,23)24)7-14(20)8-16-13(9-18-19(16)3)11-26-12(2)21/h5,9,14-15H,1,6-8,10-11H2,2-4H3/t14-,15+/m0/s1. The van der Waals surface area contributed by atoms with Crippen molar-refractivity contribution in [3.63, 3.8) is 0 Å². The number of carbonyl (C=O) groups excluding carboxylic acids is 2. The van der Waals surface area contributed by atoms with Crippen LogP contribution in [-0.4, -0.2) is 66.7 Å². The molecule has 0 saturated carbocycles. The maximum absolute atomic E-state index is 12.4. The minimum atomic E-state index is -3.66.